The number of carbonyl (C=O) groups is 1. The first-order valence-electron chi connectivity index (χ1n) is 9.00. The zero-order valence-corrected chi connectivity index (χ0v) is 15.2. The second kappa shape index (κ2) is 7.57. The minimum Gasteiger partial charge on any atom is -0.447 e. The van der Waals surface area contributed by atoms with Crippen LogP contribution in [0.2, 0.25) is 0 Å². The molecule has 29 heavy (non-hydrogen) atoms. The van der Waals surface area contributed by atoms with Crippen LogP contribution in [0.3, 0.4) is 0 Å². The Hall–Kier alpha value is -3.36. The van der Waals surface area contributed by atoms with Gasteiger partial charge in [0.25, 0.3) is 0 Å². The van der Waals surface area contributed by atoms with Gasteiger partial charge in [-0.1, -0.05) is 12.1 Å². The molecule has 0 atom stereocenters. The number of pyridine rings is 1. The first-order chi connectivity index (χ1) is 13.9. The highest BCUT2D eigenvalue weighted by atomic mass is 19.4. The van der Waals surface area contributed by atoms with Gasteiger partial charge >= 0.3 is 6.18 Å². The molecule has 3 aromatic rings. The quantitative estimate of drug-likeness (QED) is 0.504. The van der Waals surface area contributed by atoms with Crippen molar-refractivity contribution in [3.05, 3.63) is 71.5 Å². The molecule has 0 aliphatic heterocycles. The lowest BCUT2D eigenvalue weighted by Crippen LogP contribution is -2.23. The molecular weight excluding hydrogens is 385 g/mol. The van der Waals surface area contributed by atoms with Crippen molar-refractivity contribution < 1.29 is 22.4 Å². The molecule has 6 nitrogen and oxygen atoms in total. The monoisotopic (exact) mass is 402 g/mol. The summed E-state index contributed by atoms with van der Waals surface area (Å²) in [6.07, 6.45) is 1.61. The summed E-state index contributed by atoms with van der Waals surface area (Å²) in [7, 11) is 0. The van der Waals surface area contributed by atoms with Crippen LogP contribution in [-0.4, -0.2) is 16.0 Å². The van der Waals surface area contributed by atoms with Crippen LogP contribution in [0.4, 0.5) is 13.2 Å². The Bertz CT molecular complexity index is 1080. The van der Waals surface area contributed by atoms with E-state index in [0.29, 0.717) is 34.8 Å². The van der Waals surface area contributed by atoms with E-state index in [4.69, 9.17) is 4.42 Å². The average molecular weight is 402 g/mol. The molecule has 0 radical (unpaired) electrons. The molecule has 1 fully saturated rings. The van der Waals surface area contributed by atoms with Gasteiger partial charge in [0.05, 0.1) is 11.3 Å². The van der Waals surface area contributed by atoms with Crippen molar-refractivity contribution in [1.29, 1.82) is 0 Å². The Labute approximate surface area is 163 Å². The van der Waals surface area contributed by atoms with E-state index in [0.717, 1.165) is 30.7 Å². The van der Waals surface area contributed by atoms with Gasteiger partial charge in [0.1, 0.15) is 12.8 Å². The first-order valence-corrected chi connectivity index (χ1v) is 9.00. The number of rotatable bonds is 6. The fourth-order valence-electron chi connectivity index (χ4n) is 2.87. The normalized spacial score (nSPS) is 14.8. The van der Waals surface area contributed by atoms with Crippen LogP contribution >= 0.6 is 0 Å². The molecular formula is C20H17F3N4O2. The van der Waals surface area contributed by atoms with Crippen molar-refractivity contribution >= 4 is 6.41 Å². The molecule has 1 aromatic carbocycles. The number of carbonyl (C=O) groups excluding carboxylic acids is 1. The molecule has 0 spiro atoms. The van der Waals surface area contributed by atoms with Crippen molar-refractivity contribution in [2.75, 3.05) is 0 Å². The summed E-state index contributed by atoms with van der Waals surface area (Å²) in [5.74, 6) is 1.01. The third-order valence-corrected chi connectivity index (χ3v) is 4.60. The van der Waals surface area contributed by atoms with Crippen LogP contribution in [0, 0.1) is 0 Å². The molecule has 4 rings (SSSR count). The molecule has 0 saturated heterocycles. The van der Waals surface area contributed by atoms with Gasteiger partial charge in [-0.15, -0.1) is 0 Å². The second-order valence-electron chi connectivity index (χ2n) is 6.75. The minimum atomic E-state index is -4.39. The Morgan fingerprint density at radius 2 is 1.90 bits per heavy atom. The van der Waals surface area contributed by atoms with E-state index >= 15 is 0 Å². The molecule has 9 heteroatoms. The zero-order chi connectivity index (χ0) is 20.4. The smallest absolute Gasteiger partial charge is 0.416 e. The molecule has 150 valence electrons. The second-order valence-corrected chi connectivity index (χ2v) is 6.75. The van der Waals surface area contributed by atoms with E-state index in [1.165, 1.54) is 22.9 Å². The van der Waals surface area contributed by atoms with Crippen LogP contribution in [0.25, 0.3) is 11.1 Å². The van der Waals surface area contributed by atoms with E-state index in [9.17, 15) is 18.0 Å². The predicted molar refractivity (Wildman–Crippen MR) is 97.9 cm³/mol. The number of aromatic nitrogens is 2. The summed E-state index contributed by atoms with van der Waals surface area (Å²) in [6, 6.07) is 8.02. The molecule has 1 aliphatic carbocycles. The van der Waals surface area contributed by atoms with Crippen molar-refractivity contribution in [3.8, 4) is 11.1 Å². The van der Waals surface area contributed by atoms with E-state index in [1.807, 2.05) is 0 Å². The number of alkyl halides is 3. The molecule has 0 unspecified atom stereocenters. The van der Waals surface area contributed by atoms with Crippen LogP contribution in [0.5, 0.6) is 0 Å². The Morgan fingerprint density at radius 1 is 1.17 bits per heavy atom. The van der Waals surface area contributed by atoms with Crippen LogP contribution in [0.1, 0.15) is 35.9 Å². The summed E-state index contributed by atoms with van der Waals surface area (Å²) >= 11 is 0. The number of nitrogens with zero attached hydrogens (tertiary/aromatic N) is 3. The van der Waals surface area contributed by atoms with Crippen molar-refractivity contribution in [2.24, 2.45) is 5.10 Å². The maximum absolute atomic E-state index is 12.7. The van der Waals surface area contributed by atoms with Gasteiger partial charge in [0, 0.05) is 12.1 Å². The van der Waals surface area contributed by atoms with E-state index in [2.05, 4.69) is 15.5 Å². The lowest BCUT2D eigenvalue weighted by Gasteiger charge is -2.08. The standard InChI is InChI=1S/C20H17F3N4O2/c21-20(22,23)16-6-3-13(4-7-16)15-5-8-18(27(10-15)12-28)26-24-9-19-25-17(11-29-19)14-1-2-14/h3-8,10-12,14,24H,1-2,9H2/b26-18-. The van der Waals surface area contributed by atoms with E-state index in [1.54, 1.807) is 18.4 Å². The van der Waals surface area contributed by atoms with Gasteiger partial charge in [-0.25, -0.2) is 4.98 Å². The summed E-state index contributed by atoms with van der Waals surface area (Å²) < 4.78 is 44.7. The predicted octanol–water partition coefficient (Wildman–Crippen LogP) is 3.68. The van der Waals surface area contributed by atoms with Gasteiger partial charge in [0.15, 0.2) is 5.49 Å². The van der Waals surface area contributed by atoms with Crippen molar-refractivity contribution in [3.63, 3.8) is 0 Å². The van der Waals surface area contributed by atoms with Crippen molar-refractivity contribution in [1.82, 2.24) is 15.0 Å². The fourth-order valence-corrected chi connectivity index (χ4v) is 2.87. The van der Waals surface area contributed by atoms with Gasteiger partial charge in [-0.2, -0.15) is 18.3 Å². The number of benzene rings is 1. The number of halogens is 3. The van der Waals surface area contributed by atoms with Crippen LogP contribution < -0.4 is 10.9 Å². The molecule has 0 amide bonds. The van der Waals surface area contributed by atoms with Gasteiger partial charge in [0.2, 0.25) is 12.3 Å². The maximum Gasteiger partial charge on any atom is 0.416 e. The number of hydrogen-bond acceptors (Lipinski definition) is 5. The summed E-state index contributed by atoms with van der Waals surface area (Å²) in [6.45, 7) is 0.270. The number of oxazole rings is 1. The summed E-state index contributed by atoms with van der Waals surface area (Å²) in [4.78, 5) is 15.8. The third kappa shape index (κ3) is 4.39. The van der Waals surface area contributed by atoms with Crippen LogP contribution in [0.15, 0.2) is 58.4 Å². The first kappa shape index (κ1) is 19.0. The third-order valence-electron chi connectivity index (χ3n) is 4.60. The largest absolute Gasteiger partial charge is 0.447 e. The molecule has 1 N–H and O–H groups in total. The molecule has 1 saturated carbocycles. The van der Waals surface area contributed by atoms with E-state index < -0.39 is 11.7 Å². The van der Waals surface area contributed by atoms with E-state index in [-0.39, 0.29) is 6.54 Å². The maximum atomic E-state index is 12.7. The molecule has 0 bridgehead atoms. The molecule has 2 aromatic heterocycles. The lowest BCUT2D eigenvalue weighted by molar-refractivity contribution is -0.137. The highest BCUT2D eigenvalue weighted by Gasteiger charge is 2.30. The molecule has 1 aliphatic rings. The highest BCUT2D eigenvalue weighted by molar-refractivity contribution is 5.65. The van der Waals surface area contributed by atoms with Crippen LogP contribution in [-0.2, 0) is 17.5 Å². The fraction of sp³-hybridized carbons (Fsp3) is 0.250. The Balaban J connectivity index is 1.49. The van der Waals surface area contributed by atoms with Gasteiger partial charge in [-0.3, -0.25) is 14.8 Å². The lowest BCUT2D eigenvalue weighted by atomic mass is 10.1. The highest BCUT2D eigenvalue weighted by Crippen LogP contribution is 2.39. The number of hydrogen-bond donors (Lipinski definition) is 1. The van der Waals surface area contributed by atoms with Gasteiger partial charge < -0.3 is 4.42 Å². The topological polar surface area (TPSA) is 72.4 Å². The SMILES string of the molecule is O=Cn1cc(-c2ccc(C(F)(F)F)cc2)cc/c1=N/NCc1nc(C2CC2)co1. The average Bonchev–Trinajstić information content (AvgIpc) is 3.46. The zero-order valence-electron chi connectivity index (χ0n) is 15.2. The summed E-state index contributed by atoms with van der Waals surface area (Å²) in [5, 5.41) is 4.16. The molecule has 2 heterocycles. The Kier molecular flexibility index (Phi) is 4.96. The van der Waals surface area contributed by atoms with Gasteiger partial charge in [-0.05, 0) is 48.2 Å². The Morgan fingerprint density at radius 3 is 2.55 bits per heavy atom. The van der Waals surface area contributed by atoms with Crippen molar-refractivity contribution in [2.45, 2.75) is 31.5 Å². The minimum absolute atomic E-state index is 0.270. The number of nitrogens with one attached hydrogen (secondary N) is 1. The summed E-state index contributed by atoms with van der Waals surface area (Å²) in [5.41, 5.74) is 4.52.